The van der Waals surface area contributed by atoms with Crippen molar-refractivity contribution in [3.8, 4) is 5.75 Å². The zero-order chi connectivity index (χ0) is 24.9. The molecule has 0 N–H and O–H groups in total. The Morgan fingerprint density at radius 3 is 2.86 bits per heavy atom. The van der Waals surface area contributed by atoms with Crippen molar-refractivity contribution in [3.05, 3.63) is 74.8 Å². The molecule has 0 radical (unpaired) electrons. The molecule has 0 aliphatic carbocycles. The lowest BCUT2D eigenvalue weighted by Gasteiger charge is -2.37. The normalized spacial score (nSPS) is 16.0. The molecule has 8 heteroatoms. The number of carbonyl (C=O) groups excluding carboxylic acids is 2. The number of ether oxygens (including phenoxy) is 1. The second kappa shape index (κ2) is 11.3. The Bertz CT molecular complexity index is 1160. The number of halogens is 1. The van der Waals surface area contributed by atoms with Gasteiger partial charge in [0.15, 0.2) is 5.76 Å². The van der Waals surface area contributed by atoms with E-state index in [9.17, 15) is 9.59 Å². The fourth-order valence-corrected chi connectivity index (χ4v) is 5.34. The SMILES string of the molecule is CC[C@@H](C)CN(CC(=O)N1CCc2sccc2[C@@H]1COc1ccc(Cl)c(C)c1)C(=O)c1ccco1. The molecule has 35 heavy (non-hydrogen) atoms. The predicted molar refractivity (Wildman–Crippen MR) is 138 cm³/mol. The third-order valence-corrected chi connectivity index (χ3v) is 7.95. The number of carbonyl (C=O) groups is 2. The molecule has 0 saturated carbocycles. The highest BCUT2D eigenvalue weighted by Gasteiger charge is 2.34. The van der Waals surface area contributed by atoms with E-state index in [0.29, 0.717) is 30.5 Å². The van der Waals surface area contributed by atoms with Gasteiger partial charge in [-0.25, -0.2) is 0 Å². The molecule has 2 atom stereocenters. The Morgan fingerprint density at radius 1 is 1.31 bits per heavy atom. The van der Waals surface area contributed by atoms with E-state index in [1.807, 2.05) is 30.0 Å². The van der Waals surface area contributed by atoms with Crippen LogP contribution in [0.15, 0.2) is 52.5 Å². The molecule has 1 aliphatic heterocycles. The minimum Gasteiger partial charge on any atom is -0.491 e. The minimum atomic E-state index is -0.263. The summed E-state index contributed by atoms with van der Waals surface area (Å²) < 4.78 is 11.5. The number of rotatable bonds is 9. The van der Waals surface area contributed by atoms with Crippen molar-refractivity contribution >= 4 is 34.8 Å². The second-order valence-corrected chi connectivity index (χ2v) is 10.5. The first-order valence-corrected chi connectivity index (χ1v) is 13.2. The van der Waals surface area contributed by atoms with Gasteiger partial charge in [-0.3, -0.25) is 9.59 Å². The first-order valence-electron chi connectivity index (χ1n) is 11.9. The summed E-state index contributed by atoms with van der Waals surface area (Å²) in [6, 6.07) is 10.7. The van der Waals surface area contributed by atoms with Crippen molar-refractivity contribution in [1.29, 1.82) is 0 Å². The largest absolute Gasteiger partial charge is 0.491 e. The van der Waals surface area contributed by atoms with Gasteiger partial charge in [-0.05, 0) is 72.2 Å². The lowest BCUT2D eigenvalue weighted by atomic mass is 10.00. The molecule has 0 fully saturated rings. The Balaban J connectivity index is 1.53. The van der Waals surface area contributed by atoms with E-state index in [1.165, 1.54) is 11.1 Å². The summed E-state index contributed by atoms with van der Waals surface area (Å²) in [6.07, 6.45) is 3.19. The van der Waals surface area contributed by atoms with Gasteiger partial charge in [0.2, 0.25) is 5.91 Å². The fourth-order valence-electron chi connectivity index (χ4n) is 4.29. The predicted octanol–water partition coefficient (Wildman–Crippen LogP) is 6.00. The van der Waals surface area contributed by atoms with Crippen LogP contribution in [0.2, 0.25) is 5.02 Å². The van der Waals surface area contributed by atoms with E-state index in [1.54, 1.807) is 28.4 Å². The lowest BCUT2D eigenvalue weighted by Crippen LogP contribution is -2.48. The summed E-state index contributed by atoms with van der Waals surface area (Å²) in [7, 11) is 0. The topological polar surface area (TPSA) is 63.0 Å². The van der Waals surface area contributed by atoms with Gasteiger partial charge in [-0.15, -0.1) is 11.3 Å². The molecule has 186 valence electrons. The maximum atomic E-state index is 13.6. The summed E-state index contributed by atoms with van der Waals surface area (Å²) in [5.74, 6) is 0.872. The summed E-state index contributed by atoms with van der Waals surface area (Å²) in [5, 5.41) is 2.75. The average molecular weight is 515 g/mol. The van der Waals surface area contributed by atoms with Crippen molar-refractivity contribution in [3.63, 3.8) is 0 Å². The lowest BCUT2D eigenvalue weighted by molar-refractivity contribution is -0.135. The number of furan rings is 1. The molecule has 4 rings (SSSR count). The van der Waals surface area contributed by atoms with Crippen LogP contribution >= 0.6 is 22.9 Å². The van der Waals surface area contributed by atoms with Crippen LogP contribution < -0.4 is 4.74 Å². The maximum Gasteiger partial charge on any atom is 0.290 e. The maximum absolute atomic E-state index is 13.6. The van der Waals surface area contributed by atoms with Crippen LogP contribution in [0.3, 0.4) is 0 Å². The number of hydrogen-bond acceptors (Lipinski definition) is 5. The van der Waals surface area contributed by atoms with E-state index in [4.69, 9.17) is 20.8 Å². The Kier molecular flexibility index (Phi) is 8.19. The quantitative estimate of drug-likeness (QED) is 0.351. The third kappa shape index (κ3) is 5.90. The molecule has 2 aromatic heterocycles. The third-order valence-electron chi connectivity index (χ3n) is 6.53. The number of aryl methyl sites for hydroxylation is 1. The molecule has 2 amide bonds. The molecule has 1 aromatic carbocycles. The molecule has 3 heterocycles. The van der Waals surface area contributed by atoms with Gasteiger partial charge in [-0.2, -0.15) is 0 Å². The zero-order valence-electron chi connectivity index (χ0n) is 20.3. The van der Waals surface area contributed by atoms with Gasteiger partial charge in [0.25, 0.3) is 5.91 Å². The Morgan fingerprint density at radius 2 is 2.14 bits per heavy atom. The van der Waals surface area contributed by atoms with Gasteiger partial charge in [0.1, 0.15) is 18.9 Å². The number of thiophene rings is 1. The molecule has 0 saturated heterocycles. The van der Waals surface area contributed by atoms with Gasteiger partial charge in [0.05, 0.1) is 12.3 Å². The average Bonchev–Trinajstić information content (AvgIpc) is 3.56. The van der Waals surface area contributed by atoms with Crippen LogP contribution in [0.1, 0.15) is 52.9 Å². The number of fused-ring (bicyclic) bond motifs is 1. The van der Waals surface area contributed by atoms with Crippen LogP contribution in [0, 0.1) is 12.8 Å². The van der Waals surface area contributed by atoms with Crippen LogP contribution in [0.4, 0.5) is 0 Å². The molecule has 0 spiro atoms. The Hall–Kier alpha value is -2.77. The molecule has 0 bridgehead atoms. The Labute approximate surface area is 215 Å². The second-order valence-electron chi connectivity index (χ2n) is 9.05. The molecule has 1 aliphatic rings. The summed E-state index contributed by atoms with van der Waals surface area (Å²) in [5.41, 5.74) is 2.06. The van der Waals surface area contributed by atoms with Crippen molar-refractivity contribution in [1.82, 2.24) is 9.80 Å². The number of amides is 2. The standard InChI is InChI=1S/C27H31ClN2O4S/c1-4-18(2)15-29(27(32)24-6-5-12-33-24)16-26(31)30-11-9-25-21(10-13-35-25)23(30)17-34-20-7-8-22(28)19(3)14-20/h5-8,10,12-14,18,23H,4,9,11,15-17H2,1-3H3/t18-,23+/m1/s1. The number of nitrogens with zero attached hydrogens (tertiary/aromatic N) is 2. The van der Waals surface area contributed by atoms with Gasteiger partial charge >= 0.3 is 0 Å². The fraction of sp³-hybridized carbons (Fsp3) is 0.407. The number of benzene rings is 1. The van der Waals surface area contributed by atoms with E-state index in [2.05, 4.69) is 25.3 Å². The first kappa shape index (κ1) is 25.3. The summed E-state index contributed by atoms with van der Waals surface area (Å²) in [4.78, 5) is 31.5. The van der Waals surface area contributed by atoms with E-state index in [0.717, 1.165) is 24.0 Å². The van der Waals surface area contributed by atoms with E-state index in [-0.39, 0.29) is 36.1 Å². The van der Waals surface area contributed by atoms with Gasteiger partial charge in [0, 0.05) is 23.0 Å². The highest BCUT2D eigenvalue weighted by Crippen LogP contribution is 2.34. The van der Waals surface area contributed by atoms with Crippen molar-refractivity contribution in [2.24, 2.45) is 5.92 Å². The highest BCUT2D eigenvalue weighted by atomic mass is 35.5. The molecular formula is C27H31ClN2O4S. The molecule has 0 unspecified atom stereocenters. The van der Waals surface area contributed by atoms with E-state index < -0.39 is 0 Å². The minimum absolute atomic E-state index is 0.000102. The van der Waals surface area contributed by atoms with Crippen molar-refractivity contribution in [2.75, 3.05) is 26.2 Å². The van der Waals surface area contributed by atoms with Crippen molar-refractivity contribution < 1.29 is 18.7 Å². The van der Waals surface area contributed by atoms with Gasteiger partial charge < -0.3 is 19.0 Å². The smallest absolute Gasteiger partial charge is 0.290 e. The summed E-state index contributed by atoms with van der Waals surface area (Å²) in [6.45, 7) is 7.50. The molecule has 3 aromatic rings. The van der Waals surface area contributed by atoms with Crippen LogP contribution in [-0.2, 0) is 11.2 Å². The highest BCUT2D eigenvalue weighted by molar-refractivity contribution is 7.10. The number of hydrogen-bond donors (Lipinski definition) is 0. The van der Waals surface area contributed by atoms with Crippen molar-refractivity contribution in [2.45, 2.75) is 39.7 Å². The van der Waals surface area contributed by atoms with E-state index >= 15 is 0 Å². The summed E-state index contributed by atoms with van der Waals surface area (Å²) >= 11 is 7.87. The zero-order valence-corrected chi connectivity index (χ0v) is 21.9. The van der Waals surface area contributed by atoms with Crippen LogP contribution in [0.25, 0.3) is 0 Å². The van der Waals surface area contributed by atoms with Gasteiger partial charge in [-0.1, -0.05) is 31.9 Å². The van der Waals surface area contributed by atoms with Crippen LogP contribution in [0.5, 0.6) is 5.75 Å². The monoisotopic (exact) mass is 514 g/mol. The molecule has 6 nitrogen and oxygen atoms in total. The first-order chi connectivity index (χ1) is 16.9. The van der Waals surface area contributed by atoms with Crippen LogP contribution in [-0.4, -0.2) is 47.9 Å². The molecular weight excluding hydrogens is 484 g/mol.